The molecule has 0 radical (unpaired) electrons. The van der Waals surface area contributed by atoms with Crippen molar-refractivity contribution in [2.24, 2.45) is 15.0 Å². The van der Waals surface area contributed by atoms with Crippen LogP contribution >= 0.6 is 23.2 Å². The molecule has 0 saturated heterocycles. The predicted molar refractivity (Wildman–Crippen MR) is 93.8 cm³/mol. The quantitative estimate of drug-likeness (QED) is 0.358. The van der Waals surface area contributed by atoms with Crippen LogP contribution in [0.3, 0.4) is 0 Å². The zero-order valence-electron chi connectivity index (χ0n) is 11.6. The van der Waals surface area contributed by atoms with Crippen molar-refractivity contribution >= 4 is 61.9 Å². The van der Waals surface area contributed by atoms with Crippen molar-refractivity contribution in [3.8, 4) is 0 Å². The Morgan fingerprint density at radius 1 is 1.09 bits per heavy atom. The van der Waals surface area contributed by atoms with Gasteiger partial charge in [-0.1, -0.05) is 29.8 Å². The second-order valence-electron chi connectivity index (χ2n) is 4.46. The summed E-state index contributed by atoms with van der Waals surface area (Å²) >= 11 is 11.5. The SMILES string of the molecule is C\N=C(Cl)/N=C(\N=C\Cl)c1ccc2oc3ccccc3c2c1. The molecule has 1 heterocycles. The molecule has 6 heteroatoms. The minimum absolute atomic E-state index is 0.106. The van der Waals surface area contributed by atoms with Crippen molar-refractivity contribution in [2.75, 3.05) is 7.05 Å². The van der Waals surface area contributed by atoms with Crippen molar-refractivity contribution < 1.29 is 4.42 Å². The van der Waals surface area contributed by atoms with Gasteiger partial charge in [-0.2, -0.15) is 4.99 Å². The summed E-state index contributed by atoms with van der Waals surface area (Å²) in [6, 6.07) is 13.5. The van der Waals surface area contributed by atoms with Crippen LogP contribution < -0.4 is 0 Å². The third-order valence-corrected chi connectivity index (χ3v) is 3.54. The van der Waals surface area contributed by atoms with Gasteiger partial charge < -0.3 is 4.42 Å². The Kier molecular flexibility index (Phi) is 4.22. The fourth-order valence-corrected chi connectivity index (χ4v) is 2.39. The van der Waals surface area contributed by atoms with E-state index in [0.29, 0.717) is 5.84 Å². The van der Waals surface area contributed by atoms with Gasteiger partial charge in [-0.25, -0.2) is 4.99 Å². The van der Waals surface area contributed by atoms with Crippen molar-refractivity contribution in [2.45, 2.75) is 0 Å². The van der Waals surface area contributed by atoms with E-state index in [1.807, 2.05) is 42.5 Å². The number of rotatable bonds is 1. The van der Waals surface area contributed by atoms with Crippen LogP contribution in [0.5, 0.6) is 0 Å². The van der Waals surface area contributed by atoms with Crippen LogP contribution in [0.25, 0.3) is 21.9 Å². The first-order valence-corrected chi connectivity index (χ1v) is 7.30. The van der Waals surface area contributed by atoms with Gasteiger partial charge in [0.25, 0.3) is 0 Å². The van der Waals surface area contributed by atoms with Crippen LogP contribution in [0.4, 0.5) is 0 Å². The first-order chi connectivity index (χ1) is 10.7. The van der Waals surface area contributed by atoms with E-state index >= 15 is 0 Å². The fraction of sp³-hybridized carbons (Fsp3) is 0.0625. The highest BCUT2D eigenvalue weighted by Gasteiger charge is 2.10. The summed E-state index contributed by atoms with van der Waals surface area (Å²) in [5, 5.41) is 2.12. The van der Waals surface area contributed by atoms with Crippen molar-refractivity contribution in [3.63, 3.8) is 0 Å². The first kappa shape index (κ1) is 14.8. The third-order valence-electron chi connectivity index (χ3n) is 3.19. The van der Waals surface area contributed by atoms with Crippen LogP contribution in [-0.2, 0) is 0 Å². The molecule has 0 unspecified atom stereocenters. The number of nitrogens with zero attached hydrogens (tertiary/aromatic N) is 3. The van der Waals surface area contributed by atoms with Crippen molar-refractivity contribution in [1.29, 1.82) is 0 Å². The van der Waals surface area contributed by atoms with Gasteiger partial charge in [-0.05, 0) is 35.9 Å². The molecule has 2 aromatic carbocycles. The number of amidine groups is 2. The average molecular weight is 332 g/mol. The minimum atomic E-state index is 0.106. The summed E-state index contributed by atoms with van der Waals surface area (Å²) in [4.78, 5) is 12.0. The number of hydrogen-bond acceptors (Lipinski definition) is 2. The van der Waals surface area contributed by atoms with Crippen LogP contribution in [0, 0.1) is 0 Å². The summed E-state index contributed by atoms with van der Waals surface area (Å²) in [5.41, 5.74) is 3.56. The molecule has 0 saturated carbocycles. The molecular weight excluding hydrogens is 321 g/mol. The zero-order valence-corrected chi connectivity index (χ0v) is 13.1. The van der Waals surface area contributed by atoms with E-state index in [0.717, 1.165) is 33.2 Å². The summed E-state index contributed by atoms with van der Waals surface area (Å²) in [5.74, 6) is 0.387. The number of aliphatic imine (C=N–C) groups is 3. The molecule has 0 aliphatic carbocycles. The highest BCUT2D eigenvalue weighted by Crippen LogP contribution is 2.29. The third kappa shape index (κ3) is 2.75. The van der Waals surface area contributed by atoms with E-state index in [-0.39, 0.29) is 5.29 Å². The molecule has 0 aliphatic rings. The summed E-state index contributed by atoms with van der Waals surface area (Å²) in [6.45, 7) is 0. The molecule has 110 valence electrons. The normalized spacial score (nSPS) is 13.6. The van der Waals surface area contributed by atoms with E-state index in [1.54, 1.807) is 7.05 Å². The Hall–Kier alpha value is -2.17. The average Bonchev–Trinajstić information content (AvgIpc) is 2.92. The van der Waals surface area contributed by atoms with Crippen LogP contribution in [-0.4, -0.2) is 23.9 Å². The molecule has 3 rings (SSSR count). The molecule has 22 heavy (non-hydrogen) atoms. The lowest BCUT2D eigenvalue weighted by molar-refractivity contribution is 0.669. The van der Waals surface area contributed by atoms with Gasteiger partial charge in [0.15, 0.2) is 5.84 Å². The molecule has 4 nitrogen and oxygen atoms in total. The molecule has 0 fully saturated rings. The lowest BCUT2D eigenvalue weighted by Crippen LogP contribution is -1.99. The standard InChI is InChI=1S/C16H11Cl2N3O/c1-19-16(18)21-15(20-9-17)10-6-7-14-12(8-10)11-4-2-3-5-13(11)22-14/h2-9H,1H3/b19-16-,20-9+,21-15-. The molecule has 0 atom stereocenters. The maximum atomic E-state index is 5.86. The van der Waals surface area contributed by atoms with Crippen LogP contribution in [0.15, 0.2) is 61.9 Å². The second-order valence-corrected chi connectivity index (χ2v) is 5.00. The Morgan fingerprint density at radius 3 is 2.64 bits per heavy atom. The van der Waals surface area contributed by atoms with E-state index < -0.39 is 0 Å². The van der Waals surface area contributed by atoms with E-state index in [2.05, 4.69) is 15.0 Å². The Morgan fingerprint density at radius 2 is 1.86 bits per heavy atom. The molecule has 3 aromatic rings. The van der Waals surface area contributed by atoms with Crippen LogP contribution in [0.1, 0.15) is 5.56 Å². The topological polar surface area (TPSA) is 50.2 Å². The van der Waals surface area contributed by atoms with Gasteiger partial charge in [-0.15, -0.1) is 0 Å². The highest BCUT2D eigenvalue weighted by molar-refractivity contribution is 6.66. The maximum Gasteiger partial charge on any atom is 0.219 e. The smallest absolute Gasteiger partial charge is 0.219 e. The fourth-order valence-electron chi connectivity index (χ4n) is 2.22. The maximum absolute atomic E-state index is 5.86. The summed E-state index contributed by atoms with van der Waals surface area (Å²) < 4.78 is 5.80. The molecule has 0 aliphatic heterocycles. The zero-order chi connectivity index (χ0) is 15.5. The lowest BCUT2D eigenvalue weighted by atomic mass is 10.1. The molecule has 1 aromatic heterocycles. The van der Waals surface area contributed by atoms with E-state index in [1.165, 1.54) is 0 Å². The number of fused-ring (bicyclic) bond motifs is 3. The molecule has 0 amide bonds. The lowest BCUT2D eigenvalue weighted by Gasteiger charge is -2.00. The Labute approximate surface area is 136 Å². The van der Waals surface area contributed by atoms with Gasteiger partial charge >= 0.3 is 0 Å². The van der Waals surface area contributed by atoms with Crippen molar-refractivity contribution in [3.05, 3.63) is 48.0 Å². The Bertz CT molecular complexity index is 925. The molecule has 0 N–H and O–H groups in total. The van der Waals surface area contributed by atoms with E-state index in [9.17, 15) is 0 Å². The predicted octanol–water partition coefficient (Wildman–Crippen LogP) is 4.82. The molecular formula is C16H11Cl2N3O. The van der Waals surface area contributed by atoms with E-state index in [4.69, 9.17) is 27.6 Å². The van der Waals surface area contributed by atoms with Gasteiger partial charge in [0, 0.05) is 23.4 Å². The monoisotopic (exact) mass is 331 g/mol. The number of hydrogen-bond donors (Lipinski definition) is 0. The van der Waals surface area contributed by atoms with Gasteiger partial charge in [0.1, 0.15) is 11.2 Å². The number of halogens is 2. The number of para-hydroxylation sites is 1. The summed E-state index contributed by atoms with van der Waals surface area (Å²) in [7, 11) is 1.56. The molecule has 0 bridgehead atoms. The molecule has 0 spiro atoms. The van der Waals surface area contributed by atoms with Crippen molar-refractivity contribution in [1.82, 2.24) is 0 Å². The van der Waals surface area contributed by atoms with Gasteiger partial charge in [0.05, 0.1) is 5.67 Å². The van der Waals surface area contributed by atoms with Gasteiger partial charge in [0.2, 0.25) is 5.29 Å². The Balaban J connectivity index is 2.21. The minimum Gasteiger partial charge on any atom is -0.456 e. The largest absolute Gasteiger partial charge is 0.456 e. The first-order valence-electron chi connectivity index (χ1n) is 6.48. The second kappa shape index (κ2) is 6.30. The highest BCUT2D eigenvalue weighted by atomic mass is 35.5. The van der Waals surface area contributed by atoms with Crippen LogP contribution in [0.2, 0.25) is 0 Å². The summed E-state index contributed by atoms with van der Waals surface area (Å²) in [6.07, 6.45) is 0. The van der Waals surface area contributed by atoms with Gasteiger partial charge in [-0.3, -0.25) is 4.99 Å². The number of benzene rings is 2. The number of furan rings is 1.